The van der Waals surface area contributed by atoms with Crippen molar-refractivity contribution in [3.05, 3.63) is 30.1 Å². The van der Waals surface area contributed by atoms with Gasteiger partial charge < -0.3 is 10.6 Å². The second-order valence-corrected chi connectivity index (χ2v) is 5.57. The quantitative estimate of drug-likeness (QED) is 0.888. The van der Waals surface area contributed by atoms with Crippen molar-refractivity contribution in [2.45, 2.75) is 44.1 Å². The fourth-order valence-electron chi connectivity index (χ4n) is 2.72. The van der Waals surface area contributed by atoms with Gasteiger partial charge >= 0.3 is 0 Å². The maximum atomic E-state index is 12.8. The van der Waals surface area contributed by atoms with E-state index in [2.05, 4.69) is 4.90 Å². The van der Waals surface area contributed by atoms with Crippen LogP contribution in [0.2, 0.25) is 0 Å². The first-order valence-electron chi connectivity index (χ1n) is 6.85. The van der Waals surface area contributed by atoms with Gasteiger partial charge in [0.05, 0.1) is 0 Å². The minimum atomic E-state index is -0.185. The van der Waals surface area contributed by atoms with Crippen LogP contribution in [0.1, 0.15) is 38.5 Å². The van der Waals surface area contributed by atoms with Crippen molar-refractivity contribution < 1.29 is 4.39 Å². The summed E-state index contributed by atoms with van der Waals surface area (Å²) in [6.07, 6.45) is 7.15. The van der Waals surface area contributed by atoms with Gasteiger partial charge in [-0.25, -0.2) is 4.39 Å². The van der Waals surface area contributed by atoms with Gasteiger partial charge in [-0.1, -0.05) is 19.3 Å². The molecular weight excluding hydrogens is 227 g/mol. The van der Waals surface area contributed by atoms with Crippen molar-refractivity contribution >= 4 is 5.69 Å². The molecule has 0 aromatic heterocycles. The molecular formula is C15H23FN2. The van der Waals surface area contributed by atoms with E-state index in [1.807, 2.05) is 19.2 Å². The molecule has 1 aliphatic rings. The molecule has 1 aromatic rings. The summed E-state index contributed by atoms with van der Waals surface area (Å²) < 4.78 is 12.8. The Hall–Kier alpha value is -1.09. The molecule has 0 spiro atoms. The highest BCUT2D eigenvalue weighted by atomic mass is 19.1. The summed E-state index contributed by atoms with van der Waals surface area (Å²) in [5.74, 6) is -0.185. The molecule has 0 atom stereocenters. The highest BCUT2D eigenvalue weighted by molar-refractivity contribution is 5.45. The third-order valence-electron chi connectivity index (χ3n) is 4.06. The van der Waals surface area contributed by atoms with E-state index in [0.29, 0.717) is 0 Å². The van der Waals surface area contributed by atoms with Gasteiger partial charge in [0.2, 0.25) is 0 Å². The van der Waals surface area contributed by atoms with E-state index in [4.69, 9.17) is 5.73 Å². The van der Waals surface area contributed by atoms with Crippen LogP contribution in [0.15, 0.2) is 24.3 Å². The minimum absolute atomic E-state index is 0.0204. The van der Waals surface area contributed by atoms with E-state index in [1.165, 1.54) is 31.4 Å². The molecule has 1 aliphatic carbocycles. The summed E-state index contributed by atoms with van der Waals surface area (Å²) in [5.41, 5.74) is 7.49. The van der Waals surface area contributed by atoms with Crippen LogP contribution in [0, 0.1) is 5.82 Å². The molecule has 2 rings (SSSR count). The van der Waals surface area contributed by atoms with Gasteiger partial charge in [0.15, 0.2) is 0 Å². The lowest BCUT2D eigenvalue weighted by molar-refractivity contribution is 0.280. The minimum Gasteiger partial charge on any atom is -0.375 e. The highest BCUT2D eigenvalue weighted by Gasteiger charge is 2.27. The molecule has 0 bridgehead atoms. The number of rotatable bonds is 4. The van der Waals surface area contributed by atoms with Crippen molar-refractivity contribution in [3.63, 3.8) is 0 Å². The second kappa shape index (κ2) is 5.70. The van der Waals surface area contributed by atoms with E-state index in [9.17, 15) is 4.39 Å². The summed E-state index contributed by atoms with van der Waals surface area (Å²) in [4.78, 5) is 2.16. The Bertz CT molecular complexity index is 369. The molecule has 0 saturated heterocycles. The number of nitrogens with zero attached hydrogens (tertiary/aromatic N) is 1. The van der Waals surface area contributed by atoms with Gasteiger partial charge in [-0.2, -0.15) is 0 Å². The molecule has 0 amide bonds. The fraction of sp³-hybridized carbons (Fsp3) is 0.600. The van der Waals surface area contributed by atoms with Gasteiger partial charge in [-0.3, -0.25) is 0 Å². The SMILES string of the molecule is CN(CCC1(N)CCCCC1)c1ccc(F)cc1. The molecule has 0 aliphatic heterocycles. The second-order valence-electron chi connectivity index (χ2n) is 5.57. The lowest BCUT2D eigenvalue weighted by Gasteiger charge is -2.35. The molecule has 2 N–H and O–H groups in total. The lowest BCUT2D eigenvalue weighted by Crippen LogP contribution is -2.44. The van der Waals surface area contributed by atoms with Crippen LogP contribution in [-0.4, -0.2) is 19.1 Å². The van der Waals surface area contributed by atoms with E-state index < -0.39 is 0 Å². The maximum absolute atomic E-state index is 12.8. The third kappa shape index (κ3) is 3.45. The first-order chi connectivity index (χ1) is 8.59. The first-order valence-corrected chi connectivity index (χ1v) is 6.85. The molecule has 1 saturated carbocycles. The smallest absolute Gasteiger partial charge is 0.123 e. The van der Waals surface area contributed by atoms with Gasteiger partial charge in [0.1, 0.15) is 5.82 Å². The van der Waals surface area contributed by atoms with Crippen LogP contribution in [0.4, 0.5) is 10.1 Å². The molecule has 1 aromatic carbocycles. The Labute approximate surface area is 109 Å². The van der Waals surface area contributed by atoms with E-state index in [-0.39, 0.29) is 11.4 Å². The first kappa shape index (κ1) is 13.3. The van der Waals surface area contributed by atoms with E-state index >= 15 is 0 Å². The van der Waals surface area contributed by atoms with Gasteiger partial charge in [0, 0.05) is 24.8 Å². The molecule has 3 heteroatoms. The van der Waals surface area contributed by atoms with Crippen molar-refractivity contribution in [3.8, 4) is 0 Å². The van der Waals surface area contributed by atoms with Crippen LogP contribution in [0.25, 0.3) is 0 Å². The van der Waals surface area contributed by atoms with Gasteiger partial charge in [-0.05, 0) is 43.5 Å². The van der Waals surface area contributed by atoms with Gasteiger partial charge in [0.25, 0.3) is 0 Å². The predicted molar refractivity (Wildman–Crippen MR) is 74.3 cm³/mol. The molecule has 2 nitrogen and oxygen atoms in total. The molecule has 100 valence electrons. The zero-order valence-corrected chi connectivity index (χ0v) is 11.2. The number of nitrogens with two attached hydrogens (primary N) is 1. The molecule has 1 fully saturated rings. The summed E-state index contributed by atoms with van der Waals surface area (Å²) in [7, 11) is 2.04. The van der Waals surface area contributed by atoms with E-state index in [0.717, 1.165) is 31.5 Å². The number of hydrogen-bond acceptors (Lipinski definition) is 2. The Balaban J connectivity index is 1.87. The number of anilines is 1. The zero-order chi connectivity index (χ0) is 13.0. The summed E-state index contributed by atoms with van der Waals surface area (Å²) >= 11 is 0. The normalized spacial score (nSPS) is 18.6. The fourth-order valence-corrected chi connectivity index (χ4v) is 2.72. The molecule has 0 heterocycles. The average Bonchev–Trinajstić information content (AvgIpc) is 2.38. The standard InChI is InChI=1S/C15H23FN2/c1-18(14-7-5-13(16)6-8-14)12-11-15(17)9-3-2-4-10-15/h5-8H,2-4,9-12,17H2,1H3. The van der Waals surface area contributed by atoms with Crippen LogP contribution >= 0.6 is 0 Å². The van der Waals surface area contributed by atoms with Crippen molar-refractivity contribution in [1.82, 2.24) is 0 Å². The van der Waals surface area contributed by atoms with Crippen molar-refractivity contribution in [2.75, 3.05) is 18.5 Å². The monoisotopic (exact) mass is 250 g/mol. The Kier molecular flexibility index (Phi) is 4.23. The number of halogens is 1. The maximum Gasteiger partial charge on any atom is 0.123 e. The number of hydrogen-bond donors (Lipinski definition) is 1. The van der Waals surface area contributed by atoms with Crippen LogP contribution in [0.3, 0.4) is 0 Å². The van der Waals surface area contributed by atoms with Crippen LogP contribution in [0.5, 0.6) is 0 Å². The Morgan fingerprint density at radius 1 is 1.17 bits per heavy atom. The molecule has 18 heavy (non-hydrogen) atoms. The highest BCUT2D eigenvalue weighted by Crippen LogP contribution is 2.29. The lowest BCUT2D eigenvalue weighted by atomic mass is 9.80. The zero-order valence-electron chi connectivity index (χ0n) is 11.2. The Morgan fingerprint density at radius 3 is 2.39 bits per heavy atom. The predicted octanol–water partition coefficient (Wildman–Crippen LogP) is 3.31. The third-order valence-corrected chi connectivity index (χ3v) is 4.06. The van der Waals surface area contributed by atoms with Gasteiger partial charge in [-0.15, -0.1) is 0 Å². The summed E-state index contributed by atoms with van der Waals surface area (Å²) in [5, 5.41) is 0. The van der Waals surface area contributed by atoms with Crippen LogP contribution in [-0.2, 0) is 0 Å². The summed E-state index contributed by atoms with van der Waals surface area (Å²) in [6.45, 7) is 0.933. The van der Waals surface area contributed by atoms with Crippen LogP contribution < -0.4 is 10.6 Å². The Morgan fingerprint density at radius 2 is 1.78 bits per heavy atom. The molecule has 0 unspecified atom stereocenters. The average molecular weight is 250 g/mol. The number of benzene rings is 1. The summed E-state index contributed by atoms with van der Waals surface area (Å²) in [6, 6.07) is 6.65. The molecule has 0 radical (unpaired) electrons. The van der Waals surface area contributed by atoms with Crippen molar-refractivity contribution in [1.29, 1.82) is 0 Å². The van der Waals surface area contributed by atoms with E-state index in [1.54, 1.807) is 0 Å². The topological polar surface area (TPSA) is 29.3 Å². The largest absolute Gasteiger partial charge is 0.375 e. The van der Waals surface area contributed by atoms with Crippen molar-refractivity contribution in [2.24, 2.45) is 5.73 Å².